The standard InChI is InChI=1S/C69H129N2O7P/c1-7-10-13-16-19-22-25-27-29-30-31-32-33-34-35-36-37-38-39-40-42-43-46-49-52-55-58-61-68(72)70-66(65-77-79(74,75)76-64-63-71(4,5)6)67(60-57-54-51-48-45-24-21-18-15-12-9-3)78-69(73)62-59-56-53-50-47-44-41-28-26-23-20-17-14-11-8-2/h19-20,22-23,26-29,57,60,66-67H,7-18,21,24-25,30-56,58-59,61-65H2,1-6H3,(H-,70,72,74,75)/b22-19-,23-20+,28-26+,29-27-,60-57-. The highest BCUT2D eigenvalue weighted by Crippen LogP contribution is 2.38. The normalized spacial score (nSPS) is 14.0. The second-order valence-electron chi connectivity index (χ2n) is 24.0. The fraction of sp³-hybridized carbons (Fsp3) is 0.826. The molecule has 0 saturated heterocycles. The molecule has 1 amide bonds. The third-order valence-corrected chi connectivity index (χ3v) is 15.9. The molecular weight excluding hydrogens is 1000 g/mol. The van der Waals surface area contributed by atoms with Gasteiger partial charge in [0.15, 0.2) is 0 Å². The van der Waals surface area contributed by atoms with E-state index in [0.29, 0.717) is 17.4 Å². The van der Waals surface area contributed by atoms with Gasteiger partial charge in [0.2, 0.25) is 5.91 Å². The van der Waals surface area contributed by atoms with E-state index in [1.807, 2.05) is 33.3 Å². The van der Waals surface area contributed by atoms with E-state index in [2.05, 4.69) is 74.7 Å². The quantitative estimate of drug-likeness (QED) is 0.0161. The molecule has 0 heterocycles. The zero-order chi connectivity index (χ0) is 57.9. The molecule has 1 N–H and O–H groups in total. The SMILES string of the molecule is CCCCC/C=C\C/C=C\CCCCCCCCCCCCCCCCCCCC(=O)NC(COP(=O)([O-])OCC[N+](C)(C)C)C(/C=C\CCCCCCCCCCC)OC(=O)CCCCCCCC/C=C/C=C/CCCCC. The van der Waals surface area contributed by atoms with Gasteiger partial charge in [0.25, 0.3) is 7.82 Å². The van der Waals surface area contributed by atoms with Gasteiger partial charge in [-0.3, -0.25) is 14.2 Å². The molecule has 0 rings (SSSR count). The molecule has 0 aliphatic heterocycles. The largest absolute Gasteiger partial charge is 0.756 e. The number of nitrogens with one attached hydrogen (secondary N) is 1. The Kier molecular flexibility index (Phi) is 57.2. The summed E-state index contributed by atoms with van der Waals surface area (Å²) in [7, 11) is 1.18. The predicted molar refractivity (Wildman–Crippen MR) is 339 cm³/mol. The van der Waals surface area contributed by atoms with Crippen molar-refractivity contribution in [2.24, 2.45) is 0 Å². The average Bonchev–Trinajstić information content (AvgIpc) is 3.41. The van der Waals surface area contributed by atoms with E-state index in [4.69, 9.17) is 13.8 Å². The summed E-state index contributed by atoms with van der Waals surface area (Å²) < 4.78 is 30.3. The highest BCUT2D eigenvalue weighted by molar-refractivity contribution is 7.45. The van der Waals surface area contributed by atoms with Crippen LogP contribution >= 0.6 is 7.82 Å². The molecule has 0 radical (unpaired) electrons. The van der Waals surface area contributed by atoms with Crippen molar-refractivity contribution in [3.8, 4) is 0 Å². The van der Waals surface area contributed by atoms with E-state index in [0.717, 1.165) is 83.5 Å². The minimum absolute atomic E-state index is 0.0242. The number of unbranched alkanes of at least 4 members (excludes halogenated alkanes) is 38. The Morgan fingerprint density at radius 3 is 1.24 bits per heavy atom. The van der Waals surface area contributed by atoms with Crippen LogP contribution in [0.2, 0.25) is 0 Å². The van der Waals surface area contributed by atoms with Crippen molar-refractivity contribution in [2.45, 2.75) is 328 Å². The van der Waals surface area contributed by atoms with Crippen LogP contribution < -0.4 is 10.2 Å². The lowest BCUT2D eigenvalue weighted by atomic mass is 10.0. The summed E-state index contributed by atoms with van der Waals surface area (Å²) in [6.45, 7) is 6.80. The van der Waals surface area contributed by atoms with E-state index in [1.54, 1.807) is 0 Å². The summed E-state index contributed by atoms with van der Waals surface area (Å²) in [5.74, 6) is -0.546. The Balaban J connectivity index is 4.99. The van der Waals surface area contributed by atoms with Crippen LogP contribution in [0.1, 0.15) is 316 Å². The number of amides is 1. The number of ether oxygens (including phenoxy) is 1. The fourth-order valence-electron chi connectivity index (χ4n) is 9.72. The van der Waals surface area contributed by atoms with Gasteiger partial charge in [-0.2, -0.15) is 0 Å². The fourth-order valence-corrected chi connectivity index (χ4v) is 10.4. The van der Waals surface area contributed by atoms with Crippen molar-refractivity contribution in [1.29, 1.82) is 0 Å². The van der Waals surface area contributed by atoms with Gasteiger partial charge in [-0.25, -0.2) is 0 Å². The number of hydrogen-bond acceptors (Lipinski definition) is 7. The molecule has 0 aromatic carbocycles. The van der Waals surface area contributed by atoms with Crippen LogP contribution in [0.4, 0.5) is 0 Å². The minimum Gasteiger partial charge on any atom is -0.756 e. The van der Waals surface area contributed by atoms with E-state index in [9.17, 15) is 19.0 Å². The zero-order valence-electron chi connectivity index (χ0n) is 52.8. The lowest BCUT2D eigenvalue weighted by molar-refractivity contribution is -0.870. The highest BCUT2D eigenvalue weighted by atomic mass is 31.2. The average molecular weight is 1130 g/mol. The topological polar surface area (TPSA) is 114 Å². The smallest absolute Gasteiger partial charge is 0.306 e. The molecule has 0 spiro atoms. The number of rotatable bonds is 61. The van der Waals surface area contributed by atoms with Crippen LogP contribution in [0.25, 0.3) is 0 Å². The Labute approximate surface area is 490 Å². The number of phosphoric ester groups is 1. The number of nitrogens with zero attached hydrogens (tertiary/aromatic N) is 1. The van der Waals surface area contributed by atoms with E-state index < -0.39 is 26.6 Å². The minimum atomic E-state index is -4.70. The molecule has 3 atom stereocenters. The Hall–Kier alpha value is -2.29. The van der Waals surface area contributed by atoms with Gasteiger partial charge >= 0.3 is 5.97 Å². The first kappa shape index (κ1) is 76.7. The molecular formula is C69H129N2O7P. The van der Waals surface area contributed by atoms with Crippen LogP contribution in [0.5, 0.6) is 0 Å². The zero-order valence-corrected chi connectivity index (χ0v) is 53.7. The summed E-state index contributed by atoms with van der Waals surface area (Å²) >= 11 is 0. The molecule has 0 aliphatic rings. The lowest BCUT2D eigenvalue weighted by Gasteiger charge is -2.30. The predicted octanol–water partition coefficient (Wildman–Crippen LogP) is 20.4. The summed E-state index contributed by atoms with van der Waals surface area (Å²) in [4.78, 5) is 40.0. The van der Waals surface area contributed by atoms with Crippen LogP contribution in [0.3, 0.4) is 0 Å². The Morgan fingerprint density at radius 1 is 0.456 bits per heavy atom. The molecule has 0 aliphatic carbocycles. The molecule has 0 fully saturated rings. The molecule has 9 nitrogen and oxygen atoms in total. The lowest BCUT2D eigenvalue weighted by Crippen LogP contribution is -2.47. The van der Waals surface area contributed by atoms with Crippen LogP contribution in [-0.4, -0.2) is 69.4 Å². The number of carbonyl (C=O) groups excluding carboxylic acids is 2. The highest BCUT2D eigenvalue weighted by Gasteiger charge is 2.27. The first-order chi connectivity index (χ1) is 38.4. The first-order valence-electron chi connectivity index (χ1n) is 33.6. The summed E-state index contributed by atoms with van der Waals surface area (Å²) in [6.07, 6.45) is 74.9. The van der Waals surface area contributed by atoms with Crippen LogP contribution in [-0.2, 0) is 27.9 Å². The van der Waals surface area contributed by atoms with Gasteiger partial charge in [-0.1, -0.05) is 275 Å². The number of hydrogen-bond donors (Lipinski definition) is 1. The summed E-state index contributed by atoms with van der Waals surface area (Å²) in [5, 5.41) is 3.03. The number of carbonyl (C=O) groups is 2. The van der Waals surface area contributed by atoms with Crippen molar-refractivity contribution in [2.75, 3.05) is 40.9 Å². The number of allylic oxidation sites excluding steroid dienone is 9. The molecule has 79 heavy (non-hydrogen) atoms. The third-order valence-electron chi connectivity index (χ3n) is 14.9. The van der Waals surface area contributed by atoms with Gasteiger partial charge in [0.1, 0.15) is 19.3 Å². The third kappa shape index (κ3) is 60.1. The molecule has 0 aromatic rings. The van der Waals surface area contributed by atoms with Crippen molar-refractivity contribution in [3.05, 3.63) is 60.8 Å². The Morgan fingerprint density at radius 2 is 0.810 bits per heavy atom. The first-order valence-corrected chi connectivity index (χ1v) is 35.1. The summed E-state index contributed by atoms with van der Waals surface area (Å²) in [6, 6.07) is -0.892. The van der Waals surface area contributed by atoms with Crippen LogP contribution in [0, 0.1) is 0 Å². The van der Waals surface area contributed by atoms with Gasteiger partial charge in [-0.15, -0.1) is 0 Å². The molecule has 0 bridgehead atoms. The van der Waals surface area contributed by atoms with E-state index in [1.165, 1.54) is 199 Å². The van der Waals surface area contributed by atoms with Gasteiger partial charge in [-0.05, 0) is 89.5 Å². The second-order valence-corrected chi connectivity index (χ2v) is 25.4. The Bertz CT molecular complexity index is 1540. The van der Waals surface area contributed by atoms with Crippen molar-refractivity contribution in [1.82, 2.24) is 5.32 Å². The van der Waals surface area contributed by atoms with Crippen molar-refractivity contribution in [3.63, 3.8) is 0 Å². The van der Waals surface area contributed by atoms with Crippen LogP contribution in [0.15, 0.2) is 60.8 Å². The van der Waals surface area contributed by atoms with Crippen molar-refractivity contribution >= 4 is 19.7 Å². The van der Waals surface area contributed by atoms with E-state index in [-0.39, 0.29) is 24.9 Å². The molecule has 462 valence electrons. The maximum Gasteiger partial charge on any atom is 0.306 e. The second kappa shape index (κ2) is 58.9. The van der Waals surface area contributed by atoms with Crippen molar-refractivity contribution < 1.29 is 37.3 Å². The summed E-state index contributed by atoms with van der Waals surface area (Å²) in [5.41, 5.74) is 0. The molecule has 3 unspecified atom stereocenters. The van der Waals surface area contributed by atoms with Gasteiger partial charge in [0, 0.05) is 12.8 Å². The van der Waals surface area contributed by atoms with Gasteiger partial charge < -0.3 is 28.5 Å². The molecule has 0 saturated carbocycles. The molecule has 0 aromatic heterocycles. The monoisotopic (exact) mass is 1130 g/mol. The van der Waals surface area contributed by atoms with Gasteiger partial charge in [0.05, 0.1) is 33.8 Å². The molecule has 10 heteroatoms. The number of likely N-dealkylation sites (N-methyl/N-ethyl adjacent to an activating group) is 1. The number of esters is 1. The number of phosphoric acid groups is 1. The number of quaternary nitrogens is 1. The van der Waals surface area contributed by atoms with E-state index >= 15 is 0 Å². The maximum absolute atomic E-state index is 13.6. The maximum atomic E-state index is 13.6.